The zero-order valence-corrected chi connectivity index (χ0v) is 10.2. The maximum Gasteiger partial charge on any atom is 0.127 e. The third-order valence-electron chi connectivity index (χ3n) is 2.49. The Morgan fingerprint density at radius 3 is 3.20 bits per heavy atom. The molecule has 1 aliphatic rings. The number of anilines is 1. The van der Waals surface area contributed by atoms with Crippen LogP contribution in [0, 0.1) is 18.3 Å². The SMILES string of the molecule is Cc1nsc(NCC2CCCS2)c1C#N. The van der Waals surface area contributed by atoms with E-state index < -0.39 is 0 Å². The molecule has 1 fully saturated rings. The molecule has 15 heavy (non-hydrogen) atoms. The van der Waals surface area contributed by atoms with Gasteiger partial charge in [0.15, 0.2) is 0 Å². The quantitative estimate of drug-likeness (QED) is 0.881. The highest BCUT2D eigenvalue weighted by molar-refractivity contribution is 8.00. The van der Waals surface area contributed by atoms with Crippen LogP contribution in [0.2, 0.25) is 0 Å². The fourth-order valence-electron chi connectivity index (χ4n) is 1.63. The van der Waals surface area contributed by atoms with E-state index in [2.05, 4.69) is 15.8 Å². The summed E-state index contributed by atoms with van der Waals surface area (Å²) in [7, 11) is 0. The minimum absolute atomic E-state index is 0.707. The van der Waals surface area contributed by atoms with Crippen LogP contribution in [-0.4, -0.2) is 21.9 Å². The number of nitrogens with zero attached hydrogens (tertiary/aromatic N) is 2. The minimum Gasteiger partial charge on any atom is -0.373 e. The third-order valence-corrected chi connectivity index (χ3v) is 4.78. The van der Waals surface area contributed by atoms with Crippen molar-refractivity contribution in [1.82, 2.24) is 4.37 Å². The smallest absolute Gasteiger partial charge is 0.127 e. The van der Waals surface area contributed by atoms with Gasteiger partial charge in [0.25, 0.3) is 0 Å². The number of thioether (sulfide) groups is 1. The lowest BCUT2D eigenvalue weighted by atomic mass is 10.2. The molecule has 0 bridgehead atoms. The maximum atomic E-state index is 8.95. The van der Waals surface area contributed by atoms with Gasteiger partial charge in [-0.3, -0.25) is 0 Å². The number of aromatic nitrogens is 1. The van der Waals surface area contributed by atoms with Gasteiger partial charge in [0, 0.05) is 11.8 Å². The molecule has 2 rings (SSSR count). The Morgan fingerprint density at radius 1 is 1.67 bits per heavy atom. The van der Waals surface area contributed by atoms with Crippen molar-refractivity contribution in [3.05, 3.63) is 11.3 Å². The first kappa shape index (κ1) is 10.8. The van der Waals surface area contributed by atoms with Gasteiger partial charge in [-0.2, -0.15) is 21.4 Å². The summed E-state index contributed by atoms with van der Waals surface area (Å²) in [4.78, 5) is 0. The van der Waals surface area contributed by atoms with Crippen LogP contribution in [-0.2, 0) is 0 Å². The average Bonchev–Trinajstić information content (AvgIpc) is 2.84. The number of aryl methyl sites for hydroxylation is 1. The number of nitriles is 1. The van der Waals surface area contributed by atoms with E-state index in [0.29, 0.717) is 10.8 Å². The van der Waals surface area contributed by atoms with E-state index in [1.165, 1.54) is 30.1 Å². The van der Waals surface area contributed by atoms with E-state index in [1.54, 1.807) is 0 Å². The van der Waals surface area contributed by atoms with Crippen LogP contribution in [0.25, 0.3) is 0 Å². The highest BCUT2D eigenvalue weighted by Gasteiger charge is 2.17. The van der Waals surface area contributed by atoms with Crippen molar-refractivity contribution in [2.45, 2.75) is 25.0 Å². The van der Waals surface area contributed by atoms with Crippen LogP contribution in [0.5, 0.6) is 0 Å². The summed E-state index contributed by atoms with van der Waals surface area (Å²) < 4.78 is 4.18. The Hall–Kier alpha value is -0.730. The molecule has 2 heterocycles. The Kier molecular flexibility index (Phi) is 3.49. The first-order chi connectivity index (χ1) is 7.31. The number of nitrogens with one attached hydrogen (secondary N) is 1. The topological polar surface area (TPSA) is 48.7 Å². The molecule has 1 saturated heterocycles. The fraction of sp³-hybridized carbons (Fsp3) is 0.600. The van der Waals surface area contributed by atoms with Crippen molar-refractivity contribution in [3.8, 4) is 6.07 Å². The van der Waals surface area contributed by atoms with Gasteiger partial charge in [0.05, 0.1) is 5.69 Å². The summed E-state index contributed by atoms with van der Waals surface area (Å²) in [6, 6.07) is 2.20. The molecular weight excluding hydrogens is 226 g/mol. The molecule has 1 unspecified atom stereocenters. The molecule has 80 valence electrons. The van der Waals surface area contributed by atoms with Crippen molar-refractivity contribution >= 4 is 28.3 Å². The molecule has 0 amide bonds. The highest BCUT2D eigenvalue weighted by atomic mass is 32.2. The Balaban J connectivity index is 1.95. The molecule has 0 aromatic carbocycles. The Bertz CT molecular complexity index is 375. The van der Waals surface area contributed by atoms with Gasteiger partial charge in [0.2, 0.25) is 0 Å². The van der Waals surface area contributed by atoms with E-state index in [-0.39, 0.29) is 0 Å². The predicted molar refractivity (Wildman–Crippen MR) is 65.5 cm³/mol. The normalized spacial score (nSPS) is 20.1. The lowest BCUT2D eigenvalue weighted by Gasteiger charge is -2.09. The minimum atomic E-state index is 0.707. The first-order valence-corrected chi connectivity index (χ1v) is 6.85. The number of hydrogen-bond donors (Lipinski definition) is 1. The van der Waals surface area contributed by atoms with Crippen LogP contribution in [0.15, 0.2) is 0 Å². The van der Waals surface area contributed by atoms with Crippen LogP contribution < -0.4 is 5.32 Å². The monoisotopic (exact) mass is 239 g/mol. The fourth-order valence-corrected chi connectivity index (χ4v) is 3.59. The molecule has 1 atom stereocenters. The molecule has 0 spiro atoms. The summed E-state index contributed by atoms with van der Waals surface area (Å²) in [6.45, 7) is 2.84. The van der Waals surface area contributed by atoms with Crippen molar-refractivity contribution in [1.29, 1.82) is 5.26 Å². The zero-order valence-electron chi connectivity index (χ0n) is 8.62. The molecule has 0 radical (unpaired) electrons. The van der Waals surface area contributed by atoms with E-state index in [9.17, 15) is 0 Å². The molecule has 1 aromatic heterocycles. The molecule has 3 nitrogen and oxygen atoms in total. The predicted octanol–water partition coefficient (Wildman–Crippen LogP) is 2.63. The van der Waals surface area contributed by atoms with Gasteiger partial charge in [0.1, 0.15) is 16.6 Å². The number of rotatable bonds is 3. The summed E-state index contributed by atoms with van der Waals surface area (Å²) in [6.07, 6.45) is 2.61. The molecule has 1 aromatic rings. The van der Waals surface area contributed by atoms with E-state index in [0.717, 1.165) is 17.2 Å². The summed E-state index contributed by atoms with van der Waals surface area (Å²) in [5.74, 6) is 1.28. The standard InChI is InChI=1S/C10H13N3S2/c1-7-9(5-11)10(15-13-7)12-6-8-3-2-4-14-8/h8,12H,2-4,6H2,1H3. The lowest BCUT2D eigenvalue weighted by molar-refractivity contribution is 0.806. The molecule has 1 aliphatic heterocycles. The Labute approximate surface area is 98.0 Å². The summed E-state index contributed by atoms with van der Waals surface area (Å²) >= 11 is 3.41. The Morgan fingerprint density at radius 2 is 2.53 bits per heavy atom. The van der Waals surface area contributed by atoms with E-state index in [4.69, 9.17) is 5.26 Å². The average molecular weight is 239 g/mol. The lowest BCUT2D eigenvalue weighted by Crippen LogP contribution is -2.13. The maximum absolute atomic E-state index is 8.95. The third kappa shape index (κ3) is 2.44. The van der Waals surface area contributed by atoms with Crippen LogP contribution in [0.3, 0.4) is 0 Å². The second-order valence-electron chi connectivity index (χ2n) is 3.60. The van der Waals surface area contributed by atoms with Crippen LogP contribution in [0.4, 0.5) is 5.00 Å². The molecule has 1 N–H and O–H groups in total. The van der Waals surface area contributed by atoms with Crippen LogP contribution in [0.1, 0.15) is 24.1 Å². The van der Waals surface area contributed by atoms with Gasteiger partial charge in [-0.25, -0.2) is 0 Å². The van der Waals surface area contributed by atoms with E-state index in [1.807, 2.05) is 18.7 Å². The first-order valence-electron chi connectivity index (χ1n) is 5.03. The van der Waals surface area contributed by atoms with Gasteiger partial charge in [-0.05, 0) is 37.1 Å². The van der Waals surface area contributed by atoms with Gasteiger partial charge >= 0.3 is 0 Å². The number of hydrogen-bond acceptors (Lipinski definition) is 5. The second kappa shape index (κ2) is 4.86. The summed E-state index contributed by atoms with van der Waals surface area (Å²) in [5, 5.41) is 13.9. The molecular formula is C10H13N3S2. The van der Waals surface area contributed by atoms with Crippen molar-refractivity contribution < 1.29 is 0 Å². The largest absolute Gasteiger partial charge is 0.373 e. The van der Waals surface area contributed by atoms with Crippen molar-refractivity contribution in [2.24, 2.45) is 0 Å². The van der Waals surface area contributed by atoms with E-state index >= 15 is 0 Å². The van der Waals surface area contributed by atoms with Gasteiger partial charge in [-0.15, -0.1) is 0 Å². The van der Waals surface area contributed by atoms with Crippen LogP contribution >= 0.6 is 23.3 Å². The summed E-state index contributed by atoms with van der Waals surface area (Å²) in [5.41, 5.74) is 1.55. The molecule has 0 aliphatic carbocycles. The second-order valence-corrected chi connectivity index (χ2v) is 5.78. The molecule has 5 heteroatoms. The van der Waals surface area contributed by atoms with Gasteiger partial charge < -0.3 is 5.32 Å². The highest BCUT2D eigenvalue weighted by Crippen LogP contribution is 2.28. The van der Waals surface area contributed by atoms with Crippen molar-refractivity contribution in [2.75, 3.05) is 17.6 Å². The van der Waals surface area contributed by atoms with Crippen molar-refractivity contribution in [3.63, 3.8) is 0 Å². The molecule has 0 saturated carbocycles. The zero-order chi connectivity index (χ0) is 10.7. The van der Waals surface area contributed by atoms with Gasteiger partial charge in [-0.1, -0.05) is 0 Å².